The molecule has 0 aliphatic rings. The van der Waals surface area contributed by atoms with E-state index in [-0.39, 0.29) is 5.75 Å². The second-order valence-corrected chi connectivity index (χ2v) is 6.27. The summed E-state index contributed by atoms with van der Waals surface area (Å²) in [7, 11) is -3.35. The monoisotopic (exact) mass is 294 g/mol. The minimum Gasteiger partial charge on any atom is -0.313 e. The number of nitrogens with two attached hydrogens (primary N) is 1. The topological polar surface area (TPSA) is 90.0 Å². The van der Waals surface area contributed by atoms with Gasteiger partial charge in [-0.15, -0.1) is 0 Å². The molecule has 6 nitrogen and oxygen atoms in total. The number of rotatable bonds is 7. The predicted octanol–water partition coefficient (Wildman–Crippen LogP) is 0.641. The summed E-state index contributed by atoms with van der Waals surface area (Å²) in [5.41, 5.74) is 2.20. The number of nitrogens with one attached hydrogen (secondary N) is 1. The number of aromatic nitrogens is 2. The summed E-state index contributed by atoms with van der Waals surface area (Å²) in [4.78, 5) is 4.00. The first-order chi connectivity index (χ1) is 9.54. The van der Waals surface area contributed by atoms with Crippen molar-refractivity contribution >= 4 is 10.0 Å². The minimum atomic E-state index is -3.35. The van der Waals surface area contributed by atoms with Gasteiger partial charge in [0.25, 0.3) is 0 Å². The van der Waals surface area contributed by atoms with E-state index in [0.29, 0.717) is 19.5 Å². The summed E-state index contributed by atoms with van der Waals surface area (Å²) < 4.78 is 23.4. The molecule has 1 aromatic heterocycles. The molecular formula is C13H18N4O2S. The van der Waals surface area contributed by atoms with Gasteiger partial charge < -0.3 is 9.88 Å². The van der Waals surface area contributed by atoms with Crippen molar-refractivity contribution in [3.63, 3.8) is 0 Å². The lowest BCUT2D eigenvalue weighted by Crippen LogP contribution is -2.22. The molecule has 2 rings (SSSR count). The first-order valence-corrected chi connectivity index (χ1v) is 8.04. The Labute approximate surface area is 118 Å². The maximum absolute atomic E-state index is 10.8. The number of hydrogen-bond acceptors (Lipinski definition) is 4. The fraction of sp³-hybridized carbons (Fsp3) is 0.308. The highest BCUT2D eigenvalue weighted by molar-refractivity contribution is 7.89. The van der Waals surface area contributed by atoms with Crippen molar-refractivity contribution in [3.8, 4) is 5.69 Å². The second-order valence-electron chi connectivity index (χ2n) is 4.53. The lowest BCUT2D eigenvalue weighted by atomic mass is 10.2. The van der Waals surface area contributed by atoms with Gasteiger partial charge in [-0.05, 0) is 30.7 Å². The van der Waals surface area contributed by atoms with Gasteiger partial charge in [0.15, 0.2) is 0 Å². The van der Waals surface area contributed by atoms with E-state index in [2.05, 4.69) is 10.3 Å². The number of hydrogen-bond donors (Lipinski definition) is 2. The molecule has 0 fully saturated rings. The van der Waals surface area contributed by atoms with E-state index >= 15 is 0 Å². The van der Waals surface area contributed by atoms with Crippen LogP contribution in [0.4, 0.5) is 0 Å². The third-order valence-electron chi connectivity index (χ3n) is 2.85. The average Bonchev–Trinajstić information content (AvgIpc) is 2.92. The summed E-state index contributed by atoms with van der Waals surface area (Å²) in [6.07, 6.45) is 5.90. The van der Waals surface area contributed by atoms with E-state index in [9.17, 15) is 8.42 Å². The Morgan fingerprint density at radius 2 is 2.00 bits per heavy atom. The number of primary sulfonamides is 1. The maximum atomic E-state index is 10.8. The summed E-state index contributed by atoms with van der Waals surface area (Å²) in [6, 6.07) is 8.09. The third-order valence-corrected chi connectivity index (χ3v) is 3.71. The van der Waals surface area contributed by atoms with Crippen molar-refractivity contribution in [2.24, 2.45) is 5.14 Å². The molecule has 1 aromatic carbocycles. The van der Waals surface area contributed by atoms with Gasteiger partial charge in [-0.1, -0.05) is 12.1 Å². The van der Waals surface area contributed by atoms with Gasteiger partial charge in [0.1, 0.15) is 0 Å². The molecule has 1 heterocycles. The number of sulfonamides is 1. The lowest BCUT2D eigenvalue weighted by Gasteiger charge is -2.06. The van der Waals surface area contributed by atoms with Crippen LogP contribution in [0.2, 0.25) is 0 Å². The van der Waals surface area contributed by atoms with Gasteiger partial charge in [-0.25, -0.2) is 18.5 Å². The molecule has 108 valence electrons. The third kappa shape index (κ3) is 4.76. The summed E-state index contributed by atoms with van der Waals surface area (Å²) in [5.74, 6) is 0.0135. The molecule has 2 aromatic rings. The average molecular weight is 294 g/mol. The standard InChI is InChI=1S/C13H18N4O2S/c14-20(18,19)9-1-6-15-10-12-2-4-13(5-3-12)17-8-7-16-11-17/h2-5,7-8,11,15H,1,6,9-10H2,(H2,14,18,19). The molecule has 0 amide bonds. The van der Waals surface area contributed by atoms with Crippen LogP contribution in [0.25, 0.3) is 5.69 Å². The quantitative estimate of drug-likeness (QED) is 0.733. The number of benzene rings is 1. The molecule has 0 spiro atoms. The van der Waals surface area contributed by atoms with Crippen LogP contribution in [0.3, 0.4) is 0 Å². The largest absolute Gasteiger partial charge is 0.313 e. The van der Waals surface area contributed by atoms with Gasteiger partial charge >= 0.3 is 0 Å². The first-order valence-electron chi connectivity index (χ1n) is 6.33. The van der Waals surface area contributed by atoms with E-state index in [1.807, 2.05) is 35.0 Å². The SMILES string of the molecule is NS(=O)(=O)CCCNCc1ccc(-n2ccnc2)cc1. The van der Waals surface area contributed by atoms with Crippen LogP contribution < -0.4 is 10.5 Å². The van der Waals surface area contributed by atoms with Gasteiger partial charge in [0.05, 0.1) is 12.1 Å². The molecule has 7 heteroatoms. The molecule has 0 bridgehead atoms. The molecule has 0 aliphatic heterocycles. The fourth-order valence-electron chi connectivity index (χ4n) is 1.83. The molecule has 3 N–H and O–H groups in total. The van der Waals surface area contributed by atoms with Crippen molar-refractivity contribution in [1.29, 1.82) is 0 Å². The second kappa shape index (κ2) is 6.65. The Hall–Kier alpha value is -1.70. The highest BCUT2D eigenvalue weighted by Gasteiger charge is 2.01. The van der Waals surface area contributed by atoms with Crippen LogP contribution in [0.15, 0.2) is 43.0 Å². The van der Waals surface area contributed by atoms with Crippen molar-refractivity contribution in [1.82, 2.24) is 14.9 Å². The normalized spacial score (nSPS) is 11.7. The highest BCUT2D eigenvalue weighted by atomic mass is 32.2. The van der Waals surface area contributed by atoms with Gasteiger partial charge in [-0.2, -0.15) is 0 Å². The van der Waals surface area contributed by atoms with Crippen molar-refractivity contribution < 1.29 is 8.42 Å². The Morgan fingerprint density at radius 3 is 2.60 bits per heavy atom. The smallest absolute Gasteiger partial charge is 0.209 e. The molecule has 0 radical (unpaired) electrons. The van der Waals surface area contributed by atoms with Crippen LogP contribution in [0, 0.1) is 0 Å². The van der Waals surface area contributed by atoms with E-state index < -0.39 is 10.0 Å². The lowest BCUT2D eigenvalue weighted by molar-refractivity contribution is 0.590. The maximum Gasteiger partial charge on any atom is 0.209 e. The van der Waals surface area contributed by atoms with Gasteiger partial charge in [-0.3, -0.25) is 0 Å². The molecule has 0 saturated heterocycles. The molecule has 0 saturated carbocycles. The van der Waals surface area contributed by atoms with Crippen molar-refractivity contribution in [3.05, 3.63) is 48.5 Å². The van der Waals surface area contributed by atoms with Gasteiger partial charge in [0.2, 0.25) is 10.0 Å². The van der Waals surface area contributed by atoms with Crippen LogP contribution in [-0.2, 0) is 16.6 Å². The summed E-state index contributed by atoms with van der Waals surface area (Å²) in [6.45, 7) is 1.33. The van der Waals surface area contributed by atoms with Crippen LogP contribution >= 0.6 is 0 Å². The Morgan fingerprint density at radius 1 is 1.25 bits per heavy atom. The zero-order chi connectivity index (χ0) is 14.4. The van der Waals surface area contributed by atoms with E-state index in [4.69, 9.17) is 5.14 Å². The molecule has 0 aliphatic carbocycles. The molecular weight excluding hydrogens is 276 g/mol. The molecule has 20 heavy (non-hydrogen) atoms. The summed E-state index contributed by atoms with van der Waals surface area (Å²) in [5, 5.41) is 8.12. The van der Waals surface area contributed by atoms with Gasteiger partial charge in [0, 0.05) is 24.6 Å². The zero-order valence-electron chi connectivity index (χ0n) is 11.1. The molecule has 0 unspecified atom stereocenters. The first kappa shape index (κ1) is 14.7. The summed E-state index contributed by atoms with van der Waals surface area (Å²) >= 11 is 0. The van der Waals surface area contributed by atoms with Crippen LogP contribution in [0.1, 0.15) is 12.0 Å². The minimum absolute atomic E-state index is 0.0135. The van der Waals surface area contributed by atoms with E-state index in [1.54, 1.807) is 12.5 Å². The van der Waals surface area contributed by atoms with E-state index in [0.717, 1.165) is 11.3 Å². The van der Waals surface area contributed by atoms with E-state index in [1.165, 1.54) is 0 Å². The molecule has 0 atom stereocenters. The van der Waals surface area contributed by atoms with Crippen molar-refractivity contribution in [2.45, 2.75) is 13.0 Å². The van der Waals surface area contributed by atoms with Crippen LogP contribution in [-0.4, -0.2) is 30.3 Å². The Kier molecular flexibility index (Phi) is 4.89. The van der Waals surface area contributed by atoms with Crippen molar-refractivity contribution in [2.75, 3.05) is 12.3 Å². The Balaban J connectivity index is 1.77. The fourth-order valence-corrected chi connectivity index (χ4v) is 2.38. The van der Waals surface area contributed by atoms with Crippen LogP contribution in [0.5, 0.6) is 0 Å². The highest BCUT2D eigenvalue weighted by Crippen LogP contribution is 2.09. The number of imidazole rings is 1. The number of nitrogens with zero attached hydrogens (tertiary/aromatic N) is 2. The Bertz CT molecular complexity index is 621. The predicted molar refractivity (Wildman–Crippen MR) is 77.9 cm³/mol. The zero-order valence-corrected chi connectivity index (χ0v) is 11.9.